The molecule has 2 heteroatoms. The van der Waals surface area contributed by atoms with Gasteiger partial charge in [0.25, 0.3) is 0 Å². The van der Waals surface area contributed by atoms with Gasteiger partial charge < -0.3 is 9.59 Å². The molecule has 0 bridgehead atoms. The van der Waals surface area contributed by atoms with Crippen molar-refractivity contribution in [3.05, 3.63) is 35.9 Å². The molecule has 0 aliphatic heterocycles. The van der Waals surface area contributed by atoms with E-state index in [-0.39, 0.29) is 17.6 Å². The number of aldehydes is 1. The molecule has 80 valence electrons. The van der Waals surface area contributed by atoms with Gasteiger partial charge in [0, 0.05) is 12.3 Å². The van der Waals surface area contributed by atoms with E-state index in [1.54, 1.807) is 6.92 Å². The summed E-state index contributed by atoms with van der Waals surface area (Å²) in [7, 11) is 0. The van der Waals surface area contributed by atoms with Crippen molar-refractivity contribution in [3.8, 4) is 0 Å². The number of carbonyl (C=O) groups excluding carboxylic acids is 2. The van der Waals surface area contributed by atoms with E-state index in [0.29, 0.717) is 6.42 Å². The summed E-state index contributed by atoms with van der Waals surface area (Å²) in [5, 5.41) is 0. The van der Waals surface area contributed by atoms with E-state index in [1.165, 1.54) is 0 Å². The average molecular weight is 204 g/mol. The van der Waals surface area contributed by atoms with Gasteiger partial charge in [0.1, 0.15) is 12.1 Å². The van der Waals surface area contributed by atoms with Gasteiger partial charge in [-0.3, -0.25) is 0 Å². The summed E-state index contributed by atoms with van der Waals surface area (Å²) in [5.41, 5.74) is 0.987. The third-order valence-electron chi connectivity index (χ3n) is 2.55. The molecule has 0 amide bonds. The van der Waals surface area contributed by atoms with Crippen LogP contribution in [0.5, 0.6) is 0 Å². The molecular formula is C13H16O2. The maximum atomic E-state index is 11.0. The Kier molecular flexibility index (Phi) is 4.22. The van der Waals surface area contributed by atoms with Crippen molar-refractivity contribution in [2.75, 3.05) is 0 Å². The van der Waals surface area contributed by atoms with Gasteiger partial charge >= 0.3 is 0 Å². The van der Waals surface area contributed by atoms with Crippen molar-refractivity contribution in [2.45, 2.75) is 26.2 Å². The number of rotatable bonds is 5. The van der Waals surface area contributed by atoms with Gasteiger partial charge in [-0.2, -0.15) is 0 Å². The van der Waals surface area contributed by atoms with Crippen LogP contribution >= 0.6 is 0 Å². The smallest absolute Gasteiger partial charge is 0.130 e. The highest BCUT2D eigenvalue weighted by Gasteiger charge is 2.19. The van der Waals surface area contributed by atoms with Gasteiger partial charge in [0.2, 0.25) is 0 Å². The summed E-state index contributed by atoms with van der Waals surface area (Å²) in [5.74, 6) is 0.0304. The van der Waals surface area contributed by atoms with Crippen LogP contribution in [0.1, 0.15) is 31.7 Å². The van der Waals surface area contributed by atoms with Crippen LogP contribution in [0.15, 0.2) is 30.3 Å². The first-order valence-corrected chi connectivity index (χ1v) is 5.15. The zero-order valence-corrected chi connectivity index (χ0v) is 9.14. The highest BCUT2D eigenvalue weighted by atomic mass is 16.1. The molecule has 1 aromatic rings. The number of carbonyl (C=O) groups is 2. The van der Waals surface area contributed by atoms with Gasteiger partial charge in [0.05, 0.1) is 0 Å². The average Bonchev–Trinajstić information content (AvgIpc) is 2.19. The Balaban J connectivity index is 2.80. The molecule has 0 fully saturated rings. The normalized spacial score (nSPS) is 14.3. The van der Waals surface area contributed by atoms with Crippen molar-refractivity contribution in [3.63, 3.8) is 0 Å². The molecule has 2 atom stereocenters. The van der Waals surface area contributed by atoms with Crippen LogP contribution in [-0.4, -0.2) is 12.1 Å². The third-order valence-corrected chi connectivity index (χ3v) is 2.55. The Hall–Kier alpha value is -1.44. The molecule has 1 aromatic carbocycles. The molecule has 0 saturated heterocycles. The molecule has 0 aromatic heterocycles. The van der Waals surface area contributed by atoms with E-state index in [0.717, 1.165) is 11.8 Å². The standard InChI is InChI=1S/C13H16O2/c1-10(8-11(2)15)13(9-14)12-6-4-3-5-7-12/h3-7,9-10,13H,8H2,1-2H3. The first-order chi connectivity index (χ1) is 7.15. The second-order valence-electron chi connectivity index (χ2n) is 3.96. The summed E-state index contributed by atoms with van der Waals surface area (Å²) in [6.45, 7) is 3.50. The van der Waals surface area contributed by atoms with Gasteiger partial charge in [0.15, 0.2) is 0 Å². The summed E-state index contributed by atoms with van der Waals surface area (Å²) >= 11 is 0. The zero-order valence-electron chi connectivity index (χ0n) is 9.14. The van der Waals surface area contributed by atoms with Crippen LogP contribution in [-0.2, 0) is 9.59 Å². The zero-order chi connectivity index (χ0) is 11.3. The molecule has 0 aliphatic carbocycles. The number of benzene rings is 1. The van der Waals surface area contributed by atoms with Crippen molar-refractivity contribution in [2.24, 2.45) is 5.92 Å². The monoisotopic (exact) mass is 204 g/mol. The van der Waals surface area contributed by atoms with Crippen molar-refractivity contribution < 1.29 is 9.59 Å². The Morgan fingerprint density at radius 3 is 2.40 bits per heavy atom. The Morgan fingerprint density at radius 1 is 1.33 bits per heavy atom. The van der Waals surface area contributed by atoms with E-state index in [4.69, 9.17) is 0 Å². The maximum Gasteiger partial charge on any atom is 0.130 e. The molecule has 2 nitrogen and oxygen atoms in total. The van der Waals surface area contributed by atoms with Gasteiger partial charge in [-0.1, -0.05) is 37.3 Å². The predicted octanol–water partition coefficient (Wildman–Crippen LogP) is 2.58. The summed E-state index contributed by atoms with van der Waals surface area (Å²) < 4.78 is 0. The highest BCUT2D eigenvalue weighted by Crippen LogP contribution is 2.24. The molecule has 0 spiro atoms. The van der Waals surface area contributed by atoms with Gasteiger partial charge in [-0.05, 0) is 18.4 Å². The highest BCUT2D eigenvalue weighted by molar-refractivity contribution is 5.76. The summed E-state index contributed by atoms with van der Waals surface area (Å²) in [6.07, 6.45) is 1.39. The Morgan fingerprint density at radius 2 is 1.93 bits per heavy atom. The predicted molar refractivity (Wildman–Crippen MR) is 59.7 cm³/mol. The van der Waals surface area contributed by atoms with Crippen molar-refractivity contribution in [1.29, 1.82) is 0 Å². The molecular weight excluding hydrogens is 188 g/mol. The first kappa shape index (κ1) is 11.6. The number of hydrogen-bond donors (Lipinski definition) is 0. The minimum Gasteiger partial charge on any atom is -0.303 e. The lowest BCUT2D eigenvalue weighted by Crippen LogP contribution is -2.14. The van der Waals surface area contributed by atoms with Crippen LogP contribution < -0.4 is 0 Å². The maximum absolute atomic E-state index is 11.0. The van der Waals surface area contributed by atoms with E-state index in [2.05, 4.69) is 0 Å². The van der Waals surface area contributed by atoms with Crippen molar-refractivity contribution in [1.82, 2.24) is 0 Å². The molecule has 0 heterocycles. The SMILES string of the molecule is CC(=O)CC(C)C(C=O)c1ccccc1. The minimum absolute atomic E-state index is 0.0717. The second kappa shape index (κ2) is 5.44. The second-order valence-corrected chi connectivity index (χ2v) is 3.96. The summed E-state index contributed by atoms with van der Waals surface area (Å²) in [4.78, 5) is 22.0. The van der Waals surface area contributed by atoms with E-state index < -0.39 is 0 Å². The summed E-state index contributed by atoms with van der Waals surface area (Å²) in [6, 6.07) is 9.59. The molecule has 0 aliphatic rings. The van der Waals surface area contributed by atoms with E-state index >= 15 is 0 Å². The van der Waals surface area contributed by atoms with Crippen LogP contribution in [0.2, 0.25) is 0 Å². The van der Waals surface area contributed by atoms with Crippen LogP contribution in [0.25, 0.3) is 0 Å². The van der Waals surface area contributed by atoms with E-state index in [9.17, 15) is 9.59 Å². The Labute approximate surface area is 90.3 Å². The van der Waals surface area contributed by atoms with Crippen LogP contribution in [0, 0.1) is 5.92 Å². The molecule has 0 saturated carbocycles. The van der Waals surface area contributed by atoms with Crippen LogP contribution in [0.4, 0.5) is 0 Å². The lowest BCUT2D eigenvalue weighted by molar-refractivity contribution is -0.118. The quantitative estimate of drug-likeness (QED) is 0.691. The lowest BCUT2D eigenvalue weighted by Gasteiger charge is -2.17. The van der Waals surface area contributed by atoms with E-state index in [1.807, 2.05) is 37.3 Å². The molecule has 1 rings (SSSR count). The Bertz CT molecular complexity index is 330. The molecule has 15 heavy (non-hydrogen) atoms. The number of hydrogen-bond acceptors (Lipinski definition) is 2. The molecule has 2 unspecified atom stereocenters. The van der Waals surface area contributed by atoms with Gasteiger partial charge in [-0.15, -0.1) is 0 Å². The largest absolute Gasteiger partial charge is 0.303 e. The fourth-order valence-electron chi connectivity index (χ4n) is 1.80. The first-order valence-electron chi connectivity index (χ1n) is 5.15. The topological polar surface area (TPSA) is 34.1 Å². The third kappa shape index (κ3) is 3.31. The number of ketones is 1. The van der Waals surface area contributed by atoms with Gasteiger partial charge in [-0.25, -0.2) is 0 Å². The van der Waals surface area contributed by atoms with Crippen molar-refractivity contribution >= 4 is 12.1 Å². The fourth-order valence-corrected chi connectivity index (χ4v) is 1.80. The molecule has 0 N–H and O–H groups in total. The number of Topliss-reactive ketones (excluding diaryl/α,β-unsaturated/α-hetero) is 1. The minimum atomic E-state index is -0.171. The van der Waals surface area contributed by atoms with Crippen LogP contribution in [0.3, 0.4) is 0 Å². The fraction of sp³-hybridized carbons (Fsp3) is 0.385. The molecule has 0 radical (unpaired) electrons. The lowest BCUT2D eigenvalue weighted by atomic mass is 9.85.